The molecule has 4 rings (SSSR count). The van der Waals surface area contributed by atoms with Crippen LogP contribution in [0.15, 0.2) is 47.3 Å². The monoisotopic (exact) mass is 560 g/mol. The number of benzene rings is 1. The first-order valence-corrected chi connectivity index (χ1v) is 13.0. The molecule has 4 atom stereocenters. The van der Waals surface area contributed by atoms with Gasteiger partial charge in [0.25, 0.3) is 0 Å². The van der Waals surface area contributed by atoms with Crippen LogP contribution in [0.25, 0.3) is 0 Å². The number of aliphatic hydroxyl groups is 1. The summed E-state index contributed by atoms with van der Waals surface area (Å²) in [6, 6.07) is 9.55. The molecule has 0 radical (unpaired) electrons. The fraction of sp³-hybridized carbons (Fsp3) is 0.538. The molecule has 0 saturated carbocycles. The minimum atomic E-state index is -1.31. The molecular weight excluding hydrogens is 528 g/mol. The Hall–Kier alpha value is -2.56. The van der Waals surface area contributed by atoms with Crippen molar-refractivity contribution in [2.75, 3.05) is 19.7 Å². The van der Waals surface area contributed by atoms with E-state index in [1.54, 1.807) is 17.3 Å². The third-order valence-corrected chi connectivity index (χ3v) is 6.91. The summed E-state index contributed by atoms with van der Waals surface area (Å²) in [5.74, 6) is -0.843. The maximum Gasteiger partial charge on any atom is 0.410 e. The van der Waals surface area contributed by atoms with E-state index >= 15 is 0 Å². The molecule has 2 fully saturated rings. The Balaban J connectivity index is 1.55. The van der Waals surface area contributed by atoms with Crippen molar-refractivity contribution in [3.63, 3.8) is 0 Å². The quantitative estimate of drug-likeness (QED) is 0.577. The van der Waals surface area contributed by atoms with Gasteiger partial charge in [-0.1, -0.05) is 30.3 Å². The van der Waals surface area contributed by atoms with Crippen LogP contribution < -0.4 is 0 Å². The van der Waals surface area contributed by atoms with Crippen LogP contribution in [0.2, 0.25) is 0 Å². The fourth-order valence-corrected chi connectivity index (χ4v) is 5.00. The largest absolute Gasteiger partial charge is 0.444 e. The summed E-state index contributed by atoms with van der Waals surface area (Å²) in [4.78, 5) is 38.5. The number of hydrogen-bond acceptors (Lipinski definition) is 7. The number of aliphatic hydroxyl groups excluding tert-OH is 1. The Labute approximate surface area is 219 Å². The van der Waals surface area contributed by atoms with Gasteiger partial charge in [-0.2, -0.15) is 0 Å². The van der Waals surface area contributed by atoms with Crippen LogP contribution in [0.4, 0.5) is 4.79 Å². The number of likely N-dealkylation sites (tertiary alicyclic amines) is 1. The highest BCUT2D eigenvalue weighted by Gasteiger charge is 2.44. The van der Waals surface area contributed by atoms with E-state index < -0.39 is 17.9 Å². The molecule has 2 aliphatic heterocycles. The third-order valence-electron chi connectivity index (χ3n) is 6.50. The van der Waals surface area contributed by atoms with Gasteiger partial charge in [-0.3, -0.25) is 14.7 Å². The van der Waals surface area contributed by atoms with E-state index in [9.17, 15) is 14.7 Å². The smallest absolute Gasteiger partial charge is 0.410 e. The van der Waals surface area contributed by atoms with Gasteiger partial charge >= 0.3 is 6.09 Å². The predicted octanol–water partition coefficient (Wildman–Crippen LogP) is 3.40. The summed E-state index contributed by atoms with van der Waals surface area (Å²) in [5.41, 5.74) is 1.13. The lowest BCUT2D eigenvalue weighted by Crippen LogP contribution is -2.48. The number of carbonyl (C=O) groups is 2. The molecule has 1 aromatic heterocycles. The highest BCUT2D eigenvalue weighted by atomic mass is 79.9. The van der Waals surface area contributed by atoms with Crippen molar-refractivity contribution in [3.05, 3.63) is 58.6 Å². The van der Waals surface area contributed by atoms with Gasteiger partial charge in [-0.25, -0.2) is 9.78 Å². The lowest BCUT2D eigenvalue weighted by Gasteiger charge is -2.32. The number of rotatable bonds is 6. The zero-order valence-corrected chi connectivity index (χ0v) is 22.4. The Bertz CT molecular complexity index is 1050. The van der Waals surface area contributed by atoms with E-state index in [-0.39, 0.29) is 30.6 Å². The second-order valence-corrected chi connectivity index (χ2v) is 11.2. The van der Waals surface area contributed by atoms with Crippen LogP contribution in [0.1, 0.15) is 38.4 Å². The van der Waals surface area contributed by atoms with Crippen LogP contribution in [0.5, 0.6) is 0 Å². The van der Waals surface area contributed by atoms with Gasteiger partial charge in [-0.15, -0.1) is 0 Å². The van der Waals surface area contributed by atoms with Crippen molar-refractivity contribution in [1.29, 1.82) is 0 Å². The maximum absolute atomic E-state index is 14.0. The van der Waals surface area contributed by atoms with E-state index in [1.165, 1.54) is 4.90 Å². The van der Waals surface area contributed by atoms with Crippen LogP contribution in [-0.2, 0) is 27.1 Å². The molecule has 1 aromatic carbocycles. The standard InChI is InChI=1S/C26H33BrN4O5/c1-26(2,3)36-24(33)30-10-9-18(15-30)21(12-19-13-29-22(27)14-28-19)23(32)31-20(16-35-25(31)34)11-17-7-5-4-6-8-17/h4-8,13-14,18,20-21,25,34H,9-12,15-16H2,1-3H3/t18-,20-,21-,25?/m0/s1. The Morgan fingerprint density at radius 2 is 1.97 bits per heavy atom. The molecule has 2 aliphatic rings. The van der Waals surface area contributed by atoms with E-state index in [1.807, 2.05) is 51.1 Å². The summed E-state index contributed by atoms with van der Waals surface area (Å²) in [5, 5.41) is 10.6. The van der Waals surface area contributed by atoms with Gasteiger partial charge in [0.1, 0.15) is 10.2 Å². The van der Waals surface area contributed by atoms with Crippen molar-refractivity contribution in [1.82, 2.24) is 19.8 Å². The summed E-state index contributed by atoms with van der Waals surface area (Å²) in [6.45, 7) is 6.64. The third kappa shape index (κ3) is 6.60. The molecule has 194 valence electrons. The Morgan fingerprint density at radius 1 is 1.22 bits per heavy atom. The lowest BCUT2D eigenvalue weighted by atomic mass is 9.86. The minimum absolute atomic E-state index is 0.124. The predicted molar refractivity (Wildman–Crippen MR) is 136 cm³/mol. The van der Waals surface area contributed by atoms with Crippen molar-refractivity contribution >= 4 is 27.9 Å². The molecule has 10 heteroatoms. The lowest BCUT2D eigenvalue weighted by molar-refractivity contribution is -0.170. The van der Waals surface area contributed by atoms with E-state index in [4.69, 9.17) is 9.47 Å². The van der Waals surface area contributed by atoms with Crippen molar-refractivity contribution in [3.8, 4) is 0 Å². The zero-order valence-electron chi connectivity index (χ0n) is 20.8. The molecule has 36 heavy (non-hydrogen) atoms. The molecule has 0 aliphatic carbocycles. The summed E-state index contributed by atoms with van der Waals surface area (Å²) in [6.07, 6.45) is 3.11. The molecule has 2 aromatic rings. The maximum atomic E-state index is 14.0. The van der Waals surface area contributed by atoms with Gasteiger partial charge in [0.15, 0.2) is 0 Å². The molecule has 1 N–H and O–H groups in total. The Kier molecular flexibility index (Phi) is 8.27. The molecule has 3 heterocycles. The van der Waals surface area contributed by atoms with Crippen LogP contribution in [-0.4, -0.2) is 74.6 Å². The topological polar surface area (TPSA) is 105 Å². The van der Waals surface area contributed by atoms with Gasteiger partial charge < -0.3 is 19.5 Å². The second kappa shape index (κ2) is 11.2. The highest BCUT2D eigenvalue weighted by Crippen LogP contribution is 2.32. The first-order valence-electron chi connectivity index (χ1n) is 12.2. The van der Waals surface area contributed by atoms with Crippen LogP contribution in [0, 0.1) is 11.8 Å². The SMILES string of the molecule is CC(C)(C)OC(=O)N1CC[C@H]([C@H](Cc2cnc(Br)cn2)C(=O)N2C(O)OC[C@@H]2Cc2ccccc2)C1. The highest BCUT2D eigenvalue weighted by molar-refractivity contribution is 9.10. The van der Waals surface area contributed by atoms with Crippen LogP contribution >= 0.6 is 15.9 Å². The van der Waals surface area contributed by atoms with E-state index in [2.05, 4.69) is 25.9 Å². The number of amides is 2. The van der Waals surface area contributed by atoms with E-state index in [0.717, 1.165) is 5.56 Å². The van der Waals surface area contributed by atoms with Gasteiger partial charge in [0.05, 0.1) is 24.5 Å². The average Bonchev–Trinajstić information content (AvgIpc) is 3.45. The number of aromatic nitrogens is 2. The summed E-state index contributed by atoms with van der Waals surface area (Å²) >= 11 is 3.30. The zero-order chi connectivity index (χ0) is 25.9. The fourth-order valence-electron chi connectivity index (χ4n) is 4.80. The van der Waals surface area contributed by atoms with Crippen molar-refractivity contribution < 1.29 is 24.2 Å². The van der Waals surface area contributed by atoms with Crippen molar-refractivity contribution in [2.45, 2.75) is 58.1 Å². The number of halogens is 1. The van der Waals surface area contributed by atoms with Gasteiger partial charge in [-0.05, 0) is 61.0 Å². The number of hydrogen-bond donors (Lipinski definition) is 1. The number of ether oxygens (including phenoxy) is 2. The first-order chi connectivity index (χ1) is 17.1. The molecule has 1 unspecified atom stereocenters. The van der Waals surface area contributed by atoms with Gasteiger partial charge in [0, 0.05) is 31.6 Å². The van der Waals surface area contributed by atoms with Crippen LogP contribution in [0.3, 0.4) is 0 Å². The first kappa shape index (κ1) is 26.5. The van der Waals surface area contributed by atoms with E-state index in [0.29, 0.717) is 42.6 Å². The molecule has 0 spiro atoms. The normalized spacial score (nSPS) is 23.1. The summed E-state index contributed by atoms with van der Waals surface area (Å²) < 4.78 is 11.7. The van der Waals surface area contributed by atoms with Gasteiger partial charge in [0.2, 0.25) is 12.3 Å². The molecular formula is C26H33BrN4O5. The average molecular weight is 561 g/mol. The minimum Gasteiger partial charge on any atom is -0.444 e. The second-order valence-electron chi connectivity index (χ2n) is 10.4. The molecule has 9 nitrogen and oxygen atoms in total. The Morgan fingerprint density at radius 3 is 2.64 bits per heavy atom. The summed E-state index contributed by atoms with van der Waals surface area (Å²) in [7, 11) is 0. The van der Waals surface area contributed by atoms with Crippen molar-refractivity contribution in [2.24, 2.45) is 11.8 Å². The molecule has 2 saturated heterocycles. The molecule has 2 amide bonds. The molecule has 0 bridgehead atoms. The number of carbonyl (C=O) groups excluding carboxylic acids is 2. The number of nitrogens with zero attached hydrogens (tertiary/aromatic N) is 4.